The summed E-state index contributed by atoms with van der Waals surface area (Å²) < 4.78 is 0. The fraction of sp³-hybridized carbons (Fsp3) is 0.333. The molecule has 0 aromatic rings. The van der Waals surface area contributed by atoms with Gasteiger partial charge in [-0.2, -0.15) is 0 Å². The Balaban J connectivity index is 3.85. The highest BCUT2D eigenvalue weighted by Gasteiger charge is 1.80. The molecule has 10 heavy (non-hydrogen) atoms. The van der Waals surface area contributed by atoms with Crippen molar-refractivity contribution in [2.45, 2.75) is 20.3 Å². The van der Waals surface area contributed by atoms with Crippen LogP contribution in [0.3, 0.4) is 0 Å². The molecular weight excluding hydrogens is 124 g/mol. The van der Waals surface area contributed by atoms with Gasteiger partial charge in [-0.05, 0) is 19.4 Å². The smallest absolute Gasteiger partial charge is 0.0791 e. The summed E-state index contributed by atoms with van der Waals surface area (Å²) in [5.41, 5.74) is 1.28. The van der Waals surface area contributed by atoms with Gasteiger partial charge in [0.05, 0.1) is 6.26 Å². The summed E-state index contributed by atoms with van der Waals surface area (Å²) in [6, 6.07) is 0. The maximum atomic E-state index is 8.27. The first-order valence-corrected chi connectivity index (χ1v) is 3.47. The van der Waals surface area contributed by atoms with Crippen LogP contribution in [0.1, 0.15) is 20.3 Å². The second-order valence-corrected chi connectivity index (χ2v) is 1.92. The van der Waals surface area contributed by atoms with Crippen LogP contribution in [0.5, 0.6) is 0 Å². The zero-order valence-corrected chi connectivity index (χ0v) is 6.54. The van der Waals surface area contributed by atoms with Crippen molar-refractivity contribution in [3.63, 3.8) is 0 Å². The SMILES string of the molecule is C\C=C(/C=C\C=C\O)CC. The van der Waals surface area contributed by atoms with Crippen LogP contribution in [0.4, 0.5) is 0 Å². The van der Waals surface area contributed by atoms with Crippen molar-refractivity contribution < 1.29 is 5.11 Å². The minimum atomic E-state index is 1.03. The number of aliphatic hydroxyl groups excluding tert-OH is 1. The first-order valence-electron chi connectivity index (χ1n) is 3.47. The van der Waals surface area contributed by atoms with Crippen LogP contribution >= 0.6 is 0 Å². The predicted molar refractivity (Wildman–Crippen MR) is 45.0 cm³/mol. The largest absolute Gasteiger partial charge is 0.516 e. The lowest BCUT2D eigenvalue weighted by molar-refractivity contribution is 0.474. The summed E-state index contributed by atoms with van der Waals surface area (Å²) in [7, 11) is 0. The highest BCUT2D eigenvalue weighted by molar-refractivity contribution is 5.20. The molecule has 0 unspecified atom stereocenters. The zero-order valence-electron chi connectivity index (χ0n) is 6.54. The van der Waals surface area contributed by atoms with E-state index in [0.29, 0.717) is 0 Å². The van der Waals surface area contributed by atoms with E-state index in [-0.39, 0.29) is 0 Å². The van der Waals surface area contributed by atoms with Crippen molar-refractivity contribution in [1.82, 2.24) is 0 Å². The molecule has 0 saturated carbocycles. The third-order valence-electron chi connectivity index (χ3n) is 1.29. The third-order valence-corrected chi connectivity index (χ3v) is 1.29. The molecule has 0 aromatic heterocycles. The molecule has 56 valence electrons. The molecule has 0 aliphatic rings. The standard InChI is InChI=1S/C9H14O/c1-3-9(4-2)7-5-6-8-10/h3,5-8,10H,4H2,1-2H3/b7-5-,8-6+,9-3-. The Bertz CT molecular complexity index is 152. The van der Waals surface area contributed by atoms with Crippen LogP contribution in [0.2, 0.25) is 0 Å². The summed E-state index contributed by atoms with van der Waals surface area (Å²) in [4.78, 5) is 0. The van der Waals surface area contributed by atoms with Gasteiger partial charge in [0.1, 0.15) is 0 Å². The maximum absolute atomic E-state index is 8.27. The average molecular weight is 138 g/mol. The van der Waals surface area contributed by atoms with Gasteiger partial charge in [-0.1, -0.05) is 30.7 Å². The van der Waals surface area contributed by atoms with Crippen molar-refractivity contribution >= 4 is 0 Å². The molecule has 0 aliphatic carbocycles. The summed E-state index contributed by atoms with van der Waals surface area (Å²) in [5.74, 6) is 0. The van der Waals surface area contributed by atoms with Crippen LogP contribution in [0.15, 0.2) is 36.1 Å². The Labute approximate surface area is 62.4 Å². The van der Waals surface area contributed by atoms with Crippen LogP contribution in [0.25, 0.3) is 0 Å². The molecule has 0 atom stereocenters. The molecule has 0 aliphatic heterocycles. The normalized spacial score (nSPS) is 13.6. The molecule has 1 heteroatoms. The monoisotopic (exact) mass is 138 g/mol. The highest BCUT2D eigenvalue weighted by atomic mass is 16.2. The topological polar surface area (TPSA) is 20.2 Å². The minimum absolute atomic E-state index is 1.03. The molecule has 1 nitrogen and oxygen atoms in total. The minimum Gasteiger partial charge on any atom is -0.516 e. The molecule has 0 fully saturated rings. The van der Waals surface area contributed by atoms with E-state index in [1.807, 2.05) is 19.1 Å². The number of rotatable bonds is 3. The quantitative estimate of drug-likeness (QED) is 0.469. The van der Waals surface area contributed by atoms with E-state index in [0.717, 1.165) is 12.7 Å². The maximum Gasteiger partial charge on any atom is 0.0791 e. The van der Waals surface area contributed by atoms with Gasteiger partial charge in [0.15, 0.2) is 0 Å². The zero-order chi connectivity index (χ0) is 7.82. The van der Waals surface area contributed by atoms with Crippen LogP contribution in [-0.2, 0) is 0 Å². The number of aliphatic hydroxyl groups is 1. The molecule has 0 bridgehead atoms. The molecule has 0 spiro atoms. The fourth-order valence-corrected chi connectivity index (χ4v) is 0.647. The van der Waals surface area contributed by atoms with Crippen molar-refractivity contribution in [3.8, 4) is 0 Å². The van der Waals surface area contributed by atoms with Crippen LogP contribution in [0, 0.1) is 0 Å². The van der Waals surface area contributed by atoms with Crippen molar-refractivity contribution in [2.24, 2.45) is 0 Å². The van der Waals surface area contributed by atoms with E-state index in [1.165, 1.54) is 5.57 Å². The van der Waals surface area contributed by atoms with E-state index in [9.17, 15) is 0 Å². The van der Waals surface area contributed by atoms with E-state index in [1.54, 1.807) is 6.08 Å². The highest BCUT2D eigenvalue weighted by Crippen LogP contribution is 2.01. The lowest BCUT2D eigenvalue weighted by Crippen LogP contribution is -1.70. The van der Waals surface area contributed by atoms with Gasteiger partial charge < -0.3 is 5.11 Å². The summed E-state index contributed by atoms with van der Waals surface area (Å²) >= 11 is 0. The predicted octanol–water partition coefficient (Wildman–Crippen LogP) is 2.97. The fourth-order valence-electron chi connectivity index (χ4n) is 0.647. The third kappa shape index (κ3) is 3.96. The lowest BCUT2D eigenvalue weighted by atomic mass is 10.2. The Morgan fingerprint density at radius 2 is 2.10 bits per heavy atom. The first kappa shape index (κ1) is 9.02. The second kappa shape index (κ2) is 6.14. The number of hydrogen-bond acceptors (Lipinski definition) is 1. The Kier molecular flexibility index (Phi) is 5.54. The Morgan fingerprint density at radius 3 is 2.50 bits per heavy atom. The van der Waals surface area contributed by atoms with Crippen molar-refractivity contribution in [3.05, 3.63) is 36.1 Å². The van der Waals surface area contributed by atoms with Crippen LogP contribution in [-0.4, -0.2) is 5.11 Å². The van der Waals surface area contributed by atoms with E-state index >= 15 is 0 Å². The van der Waals surface area contributed by atoms with Gasteiger partial charge in [-0.25, -0.2) is 0 Å². The molecule has 0 amide bonds. The second-order valence-electron chi connectivity index (χ2n) is 1.92. The molecule has 1 N–H and O–H groups in total. The molecule has 0 heterocycles. The molecule has 0 rings (SSSR count). The van der Waals surface area contributed by atoms with E-state index in [4.69, 9.17) is 5.11 Å². The van der Waals surface area contributed by atoms with Gasteiger partial charge in [-0.3, -0.25) is 0 Å². The van der Waals surface area contributed by atoms with E-state index < -0.39 is 0 Å². The Morgan fingerprint density at radius 1 is 1.40 bits per heavy atom. The van der Waals surface area contributed by atoms with Crippen molar-refractivity contribution in [1.29, 1.82) is 0 Å². The van der Waals surface area contributed by atoms with Gasteiger partial charge in [-0.15, -0.1) is 0 Å². The van der Waals surface area contributed by atoms with Gasteiger partial charge in [0.2, 0.25) is 0 Å². The average Bonchev–Trinajstić information content (AvgIpc) is 1.99. The summed E-state index contributed by atoms with van der Waals surface area (Å²) in [5, 5.41) is 8.27. The Hall–Kier alpha value is -0.980. The molecule has 0 aromatic carbocycles. The summed E-state index contributed by atoms with van der Waals surface area (Å²) in [6.07, 6.45) is 9.51. The number of allylic oxidation sites excluding steroid dienone is 5. The van der Waals surface area contributed by atoms with E-state index in [2.05, 4.69) is 13.0 Å². The van der Waals surface area contributed by atoms with Gasteiger partial charge in [0, 0.05) is 0 Å². The summed E-state index contributed by atoms with van der Waals surface area (Å²) in [6.45, 7) is 4.11. The van der Waals surface area contributed by atoms with Crippen LogP contribution < -0.4 is 0 Å². The lowest BCUT2D eigenvalue weighted by Gasteiger charge is -1.90. The van der Waals surface area contributed by atoms with Gasteiger partial charge >= 0.3 is 0 Å². The molecule has 0 saturated heterocycles. The molecular formula is C9H14O. The van der Waals surface area contributed by atoms with Gasteiger partial charge in [0.25, 0.3) is 0 Å². The van der Waals surface area contributed by atoms with Crippen molar-refractivity contribution in [2.75, 3.05) is 0 Å². The molecule has 0 radical (unpaired) electrons. The first-order chi connectivity index (χ1) is 4.85. The number of hydrogen-bond donors (Lipinski definition) is 1.